The van der Waals surface area contributed by atoms with Crippen molar-refractivity contribution in [3.63, 3.8) is 0 Å². The summed E-state index contributed by atoms with van der Waals surface area (Å²) in [6.07, 6.45) is 0. The molecule has 1 aromatic carbocycles. The number of methoxy groups -OCH3 is 1. The van der Waals surface area contributed by atoms with E-state index in [1.165, 1.54) is 0 Å². The standard InChI is InChI=1S/C11H16N2O2/c1-15-11-8-9(2-3-10(11)14)13-6-4-12-5-7-13/h2-3,8,12,14H,4-7H2,1H3/p+1. The fourth-order valence-electron chi connectivity index (χ4n) is 1.79. The third kappa shape index (κ3) is 2.15. The van der Waals surface area contributed by atoms with Crippen LogP contribution in [0.15, 0.2) is 18.2 Å². The Morgan fingerprint density at radius 1 is 1.40 bits per heavy atom. The van der Waals surface area contributed by atoms with Gasteiger partial charge in [0.05, 0.1) is 7.11 Å². The van der Waals surface area contributed by atoms with Crippen LogP contribution in [0.2, 0.25) is 0 Å². The van der Waals surface area contributed by atoms with Crippen molar-refractivity contribution in [3.8, 4) is 11.5 Å². The van der Waals surface area contributed by atoms with Gasteiger partial charge in [0.1, 0.15) is 0 Å². The lowest BCUT2D eigenvalue weighted by molar-refractivity contribution is 0.373. The highest BCUT2D eigenvalue weighted by Crippen LogP contribution is 2.30. The Kier molecular flexibility index (Phi) is 2.97. The normalized spacial score (nSPS) is 16.5. The average Bonchev–Trinajstić information content (AvgIpc) is 2.31. The molecule has 0 unspecified atom stereocenters. The van der Waals surface area contributed by atoms with Crippen LogP contribution in [0.25, 0.3) is 0 Å². The van der Waals surface area contributed by atoms with Crippen LogP contribution in [0.1, 0.15) is 1.43 Å². The summed E-state index contributed by atoms with van der Waals surface area (Å²) in [6, 6.07) is 5.47. The molecule has 0 bridgehead atoms. The summed E-state index contributed by atoms with van der Waals surface area (Å²) < 4.78 is 5.08. The Labute approximate surface area is 91.0 Å². The van der Waals surface area contributed by atoms with Crippen molar-refractivity contribution < 1.29 is 11.3 Å². The lowest BCUT2D eigenvalue weighted by atomic mass is 10.2. The molecule has 4 heteroatoms. The van der Waals surface area contributed by atoms with E-state index >= 15 is 0 Å². The second-order valence-corrected chi connectivity index (χ2v) is 3.59. The minimum Gasteiger partial charge on any atom is -0.504 e. The second kappa shape index (κ2) is 4.40. The van der Waals surface area contributed by atoms with E-state index in [0.717, 1.165) is 31.9 Å². The quantitative estimate of drug-likeness (QED) is 0.760. The zero-order valence-corrected chi connectivity index (χ0v) is 8.86. The van der Waals surface area contributed by atoms with Gasteiger partial charge in [-0.3, -0.25) is 0 Å². The Morgan fingerprint density at radius 3 is 2.80 bits per heavy atom. The van der Waals surface area contributed by atoms with Gasteiger partial charge >= 0.3 is 1.43 Å². The van der Waals surface area contributed by atoms with Crippen molar-refractivity contribution >= 4 is 5.69 Å². The van der Waals surface area contributed by atoms with Gasteiger partial charge in [-0.15, -0.1) is 0 Å². The Morgan fingerprint density at radius 2 is 2.13 bits per heavy atom. The fourth-order valence-corrected chi connectivity index (χ4v) is 1.79. The first-order valence-electron chi connectivity index (χ1n) is 5.14. The number of hydrogen-bond donors (Lipinski definition) is 2. The molecule has 2 rings (SSSR count). The summed E-state index contributed by atoms with van der Waals surface area (Å²) in [5.74, 6) is 0.724. The third-order valence-electron chi connectivity index (χ3n) is 2.65. The molecule has 4 nitrogen and oxygen atoms in total. The first kappa shape index (κ1) is 10.1. The predicted octanol–water partition coefficient (Wildman–Crippen LogP) is 0.923. The van der Waals surface area contributed by atoms with Crippen LogP contribution < -0.4 is 15.0 Å². The van der Waals surface area contributed by atoms with Gasteiger partial charge in [0, 0.05) is 37.9 Å². The molecule has 0 radical (unpaired) electrons. The van der Waals surface area contributed by atoms with E-state index in [0.29, 0.717) is 5.75 Å². The number of ether oxygens (including phenoxy) is 1. The zero-order chi connectivity index (χ0) is 10.7. The van der Waals surface area contributed by atoms with Crippen LogP contribution >= 0.6 is 0 Å². The number of rotatable bonds is 2. The van der Waals surface area contributed by atoms with Gasteiger partial charge in [-0.2, -0.15) is 0 Å². The molecule has 1 heterocycles. The second-order valence-electron chi connectivity index (χ2n) is 3.59. The maximum Gasteiger partial charge on any atom is 1.00 e. The number of anilines is 1. The number of nitrogens with zero attached hydrogens (tertiary/aromatic N) is 1. The highest BCUT2D eigenvalue weighted by molar-refractivity contribution is 5.56. The molecule has 0 aromatic heterocycles. The number of piperazine rings is 1. The molecule has 0 aliphatic carbocycles. The van der Waals surface area contributed by atoms with Crippen molar-refractivity contribution in [1.29, 1.82) is 0 Å². The van der Waals surface area contributed by atoms with E-state index in [1.54, 1.807) is 13.2 Å². The van der Waals surface area contributed by atoms with E-state index < -0.39 is 0 Å². The molecule has 0 saturated carbocycles. The van der Waals surface area contributed by atoms with Gasteiger partial charge in [0.2, 0.25) is 0 Å². The van der Waals surface area contributed by atoms with Gasteiger partial charge < -0.3 is 20.1 Å². The number of nitrogens with one attached hydrogen (secondary N) is 1. The first-order chi connectivity index (χ1) is 7.31. The number of phenols is 1. The topological polar surface area (TPSA) is 44.7 Å². The van der Waals surface area contributed by atoms with E-state index in [4.69, 9.17) is 4.74 Å². The van der Waals surface area contributed by atoms with Gasteiger partial charge in [-0.05, 0) is 12.1 Å². The lowest BCUT2D eigenvalue weighted by Crippen LogP contribution is -2.43. The van der Waals surface area contributed by atoms with Crippen LogP contribution in [0.5, 0.6) is 11.5 Å². The zero-order valence-electron chi connectivity index (χ0n) is 9.86. The van der Waals surface area contributed by atoms with Crippen LogP contribution in [0, 0.1) is 0 Å². The van der Waals surface area contributed by atoms with Gasteiger partial charge in [-0.1, -0.05) is 0 Å². The summed E-state index contributed by atoms with van der Waals surface area (Å²) in [6.45, 7) is 3.99. The minimum absolute atomic E-state index is 0. The predicted molar refractivity (Wildman–Crippen MR) is 60.9 cm³/mol. The highest BCUT2D eigenvalue weighted by atomic mass is 16.5. The molecule has 1 fully saturated rings. The summed E-state index contributed by atoms with van der Waals surface area (Å²) in [7, 11) is 1.57. The smallest absolute Gasteiger partial charge is 0.504 e. The van der Waals surface area contributed by atoms with Crippen molar-refractivity contribution in [2.24, 2.45) is 0 Å². The number of aromatic hydroxyl groups is 1. The summed E-state index contributed by atoms with van der Waals surface area (Å²) >= 11 is 0. The van der Waals surface area contributed by atoms with Crippen molar-refractivity contribution in [3.05, 3.63) is 18.2 Å². The molecule has 1 aromatic rings. The third-order valence-corrected chi connectivity index (χ3v) is 2.65. The minimum atomic E-state index is 0. The number of hydrogen-bond acceptors (Lipinski definition) is 4. The van der Waals surface area contributed by atoms with Crippen molar-refractivity contribution in [2.75, 3.05) is 38.2 Å². The van der Waals surface area contributed by atoms with E-state index in [2.05, 4.69) is 10.2 Å². The fraction of sp³-hybridized carbons (Fsp3) is 0.455. The Hall–Kier alpha value is -1.42. The molecule has 0 amide bonds. The largest absolute Gasteiger partial charge is 1.00 e. The number of phenolic OH excluding ortho intramolecular Hbond substituents is 1. The van der Waals surface area contributed by atoms with Crippen molar-refractivity contribution in [2.45, 2.75) is 0 Å². The van der Waals surface area contributed by atoms with Gasteiger partial charge in [0.15, 0.2) is 11.5 Å². The Balaban J connectivity index is 0.00000128. The van der Waals surface area contributed by atoms with Gasteiger partial charge in [0.25, 0.3) is 0 Å². The first-order valence-corrected chi connectivity index (χ1v) is 5.14. The van der Waals surface area contributed by atoms with Crippen LogP contribution in [-0.4, -0.2) is 38.4 Å². The molecule has 1 aliphatic heterocycles. The summed E-state index contributed by atoms with van der Waals surface area (Å²) in [5, 5.41) is 12.8. The summed E-state index contributed by atoms with van der Waals surface area (Å²) in [4.78, 5) is 2.28. The van der Waals surface area contributed by atoms with Crippen LogP contribution in [0.4, 0.5) is 5.69 Å². The molecule has 15 heavy (non-hydrogen) atoms. The molecule has 82 valence electrons. The van der Waals surface area contributed by atoms with Crippen LogP contribution in [-0.2, 0) is 0 Å². The monoisotopic (exact) mass is 209 g/mol. The Bertz CT molecular complexity index is 341. The van der Waals surface area contributed by atoms with E-state index in [1.807, 2.05) is 12.1 Å². The molecule has 0 spiro atoms. The molecule has 1 saturated heterocycles. The van der Waals surface area contributed by atoms with Gasteiger partial charge in [-0.25, -0.2) is 0 Å². The highest BCUT2D eigenvalue weighted by Gasteiger charge is 2.12. The maximum absolute atomic E-state index is 9.48. The van der Waals surface area contributed by atoms with E-state index in [9.17, 15) is 5.11 Å². The molecular formula is C11H17N2O2+. The SMILES string of the molecule is COc1cc(N2CCNCC2)ccc1O.[H+]. The molecule has 2 N–H and O–H groups in total. The number of benzene rings is 1. The lowest BCUT2D eigenvalue weighted by Gasteiger charge is -2.29. The molecule has 0 atom stereocenters. The molecular weight excluding hydrogens is 192 g/mol. The van der Waals surface area contributed by atoms with E-state index in [-0.39, 0.29) is 7.18 Å². The average molecular weight is 209 g/mol. The summed E-state index contributed by atoms with van der Waals surface area (Å²) in [5.41, 5.74) is 1.10. The maximum atomic E-state index is 9.48. The molecule has 1 aliphatic rings. The van der Waals surface area contributed by atoms with Crippen LogP contribution in [0.3, 0.4) is 0 Å². The van der Waals surface area contributed by atoms with Crippen molar-refractivity contribution in [1.82, 2.24) is 5.32 Å².